The van der Waals surface area contributed by atoms with E-state index in [-0.39, 0.29) is 12.5 Å². The molecule has 0 amide bonds. The van der Waals surface area contributed by atoms with Gasteiger partial charge in [-0.1, -0.05) is 75.2 Å². The Hall–Kier alpha value is -2.88. The fourth-order valence-electron chi connectivity index (χ4n) is 5.20. The third-order valence-electron chi connectivity index (χ3n) is 7.25. The standard InChI is InChI=1S/C30H37O10P/c1-4-6-16-35-24-25(26(28(31)34-3)38-29(40-41-33)27(24)36-17-7-5-2)39-30(32)37-18-23-21-14-10-8-12-19(21)20-13-9-11-15-22(20)23/h8-15,23-27,29H,4-7,16-18H2,1-3H3/t24?,25-,26?,27?,29+/m1/s1. The van der Waals surface area contributed by atoms with Crippen LogP contribution in [0.5, 0.6) is 0 Å². The lowest BCUT2D eigenvalue weighted by Gasteiger charge is -2.43. The third kappa shape index (κ3) is 7.31. The molecule has 0 saturated carbocycles. The molecule has 1 saturated heterocycles. The molecular formula is C30H37O10P. The molecule has 2 aromatic rings. The van der Waals surface area contributed by atoms with Crippen molar-refractivity contribution >= 4 is 20.8 Å². The number of rotatable bonds is 14. The molecule has 5 atom stereocenters. The number of esters is 1. The van der Waals surface area contributed by atoms with Gasteiger partial charge in [0.15, 0.2) is 18.5 Å². The fraction of sp³-hybridized carbons (Fsp3) is 0.533. The Morgan fingerprint density at radius 1 is 0.854 bits per heavy atom. The summed E-state index contributed by atoms with van der Waals surface area (Å²) in [5, 5.41) is 0. The predicted molar refractivity (Wildman–Crippen MR) is 149 cm³/mol. The summed E-state index contributed by atoms with van der Waals surface area (Å²) in [6.07, 6.45) is -3.68. The van der Waals surface area contributed by atoms with Crippen molar-refractivity contribution in [1.82, 2.24) is 0 Å². The summed E-state index contributed by atoms with van der Waals surface area (Å²) >= 11 is 0. The average Bonchev–Trinajstić information content (AvgIpc) is 3.31. The third-order valence-corrected chi connectivity index (χ3v) is 7.55. The van der Waals surface area contributed by atoms with Gasteiger partial charge in [0.2, 0.25) is 0 Å². The van der Waals surface area contributed by atoms with Crippen LogP contribution in [0.3, 0.4) is 0 Å². The molecule has 0 spiro atoms. The van der Waals surface area contributed by atoms with Crippen LogP contribution in [-0.4, -0.2) is 69.8 Å². The van der Waals surface area contributed by atoms with Gasteiger partial charge in [0.05, 0.1) is 7.11 Å². The summed E-state index contributed by atoms with van der Waals surface area (Å²) in [7, 11) is 0.517. The predicted octanol–water partition coefficient (Wildman–Crippen LogP) is 5.81. The van der Waals surface area contributed by atoms with Crippen molar-refractivity contribution in [3.63, 3.8) is 0 Å². The monoisotopic (exact) mass is 588 g/mol. The average molecular weight is 589 g/mol. The molecule has 3 unspecified atom stereocenters. The van der Waals surface area contributed by atoms with Crippen molar-refractivity contribution in [1.29, 1.82) is 0 Å². The van der Waals surface area contributed by atoms with Gasteiger partial charge in [0.1, 0.15) is 18.8 Å². The zero-order valence-electron chi connectivity index (χ0n) is 23.6. The van der Waals surface area contributed by atoms with Crippen LogP contribution < -0.4 is 0 Å². The van der Waals surface area contributed by atoms with E-state index in [0.717, 1.165) is 41.5 Å². The summed E-state index contributed by atoms with van der Waals surface area (Å²) in [6.45, 7) is 4.68. The Bertz CT molecular complexity index is 1130. The SMILES string of the molecule is CCCCOC1C(OCCCC)[C@@H](OC(=O)OCC2c3ccccc3-c3ccccc32)C(C(=O)OC)O[C@H]1OP=O. The summed E-state index contributed by atoms with van der Waals surface area (Å²) in [6, 6.07) is 16.0. The molecule has 0 N–H and O–H groups in total. The molecule has 11 heteroatoms. The first kappa shape index (κ1) is 31.1. The van der Waals surface area contributed by atoms with Crippen molar-refractivity contribution in [2.24, 2.45) is 0 Å². The Balaban J connectivity index is 1.55. The Morgan fingerprint density at radius 2 is 1.44 bits per heavy atom. The van der Waals surface area contributed by atoms with Gasteiger partial charge in [0, 0.05) is 19.1 Å². The van der Waals surface area contributed by atoms with E-state index >= 15 is 0 Å². The highest BCUT2D eigenvalue weighted by atomic mass is 31.1. The molecule has 1 aliphatic heterocycles. The second-order valence-corrected chi connectivity index (χ2v) is 10.2. The Kier molecular flexibility index (Phi) is 11.7. The minimum atomic E-state index is -1.43. The van der Waals surface area contributed by atoms with E-state index in [1.54, 1.807) is 0 Å². The Morgan fingerprint density at radius 3 is 2.00 bits per heavy atom. The van der Waals surface area contributed by atoms with Gasteiger partial charge in [-0.3, -0.25) is 4.52 Å². The van der Waals surface area contributed by atoms with Crippen LogP contribution in [0.15, 0.2) is 48.5 Å². The topological polar surface area (TPSA) is 116 Å². The van der Waals surface area contributed by atoms with Crippen molar-refractivity contribution in [3.05, 3.63) is 59.7 Å². The smallest absolute Gasteiger partial charge is 0.467 e. The maximum Gasteiger partial charge on any atom is 0.508 e. The number of ether oxygens (including phenoxy) is 6. The van der Waals surface area contributed by atoms with Crippen LogP contribution in [0.2, 0.25) is 0 Å². The van der Waals surface area contributed by atoms with Crippen LogP contribution in [-0.2, 0) is 42.3 Å². The second kappa shape index (κ2) is 15.4. The molecule has 2 aromatic carbocycles. The molecule has 1 aliphatic carbocycles. The summed E-state index contributed by atoms with van der Waals surface area (Å²) in [5.74, 6) is -0.988. The summed E-state index contributed by atoms with van der Waals surface area (Å²) < 4.78 is 50.9. The second-order valence-electron chi connectivity index (χ2n) is 9.88. The number of carbonyl (C=O) groups excluding carboxylic acids is 2. The molecule has 1 fully saturated rings. The minimum absolute atomic E-state index is 0.0297. The first-order valence-corrected chi connectivity index (χ1v) is 14.7. The van der Waals surface area contributed by atoms with E-state index in [4.69, 9.17) is 32.9 Å². The number of fused-ring (bicyclic) bond motifs is 3. The maximum absolute atomic E-state index is 13.2. The van der Waals surface area contributed by atoms with E-state index in [1.165, 1.54) is 7.11 Å². The lowest BCUT2D eigenvalue weighted by Crippen LogP contribution is -2.63. The van der Waals surface area contributed by atoms with E-state index < -0.39 is 51.5 Å². The first-order chi connectivity index (χ1) is 20.0. The molecule has 222 valence electrons. The van der Waals surface area contributed by atoms with Crippen molar-refractivity contribution in [3.8, 4) is 11.1 Å². The molecule has 0 bridgehead atoms. The maximum atomic E-state index is 13.2. The van der Waals surface area contributed by atoms with Gasteiger partial charge in [-0.05, 0) is 35.1 Å². The molecule has 0 radical (unpaired) electrons. The minimum Gasteiger partial charge on any atom is -0.467 e. The number of methoxy groups -OCH3 is 1. The van der Waals surface area contributed by atoms with E-state index in [1.807, 2.05) is 62.4 Å². The fourth-order valence-corrected chi connectivity index (χ4v) is 5.46. The number of carbonyl (C=O) groups is 2. The largest absolute Gasteiger partial charge is 0.508 e. The first-order valence-electron chi connectivity index (χ1n) is 14.0. The molecule has 1 heterocycles. The van der Waals surface area contributed by atoms with Gasteiger partial charge in [0.25, 0.3) is 0 Å². The molecule has 0 aromatic heterocycles. The van der Waals surface area contributed by atoms with Crippen LogP contribution in [0.1, 0.15) is 56.6 Å². The van der Waals surface area contributed by atoms with Crippen molar-refractivity contribution in [2.75, 3.05) is 26.9 Å². The number of benzene rings is 2. The van der Waals surface area contributed by atoms with Gasteiger partial charge in [-0.2, -0.15) is 0 Å². The van der Waals surface area contributed by atoms with Crippen LogP contribution in [0, 0.1) is 0 Å². The highest BCUT2D eigenvalue weighted by Gasteiger charge is 2.54. The van der Waals surface area contributed by atoms with Gasteiger partial charge >= 0.3 is 20.8 Å². The highest BCUT2D eigenvalue weighted by molar-refractivity contribution is 7.17. The van der Waals surface area contributed by atoms with Crippen LogP contribution in [0.25, 0.3) is 11.1 Å². The van der Waals surface area contributed by atoms with Crippen LogP contribution in [0.4, 0.5) is 4.79 Å². The lowest BCUT2D eigenvalue weighted by atomic mass is 9.97. The van der Waals surface area contributed by atoms with Gasteiger partial charge in [-0.15, -0.1) is 0 Å². The zero-order chi connectivity index (χ0) is 29.2. The number of hydrogen-bond acceptors (Lipinski definition) is 10. The van der Waals surface area contributed by atoms with Crippen LogP contribution >= 0.6 is 8.69 Å². The summed E-state index contributed by atoms with van der Waals surface area (Å²) in [5.41, 5.74) is 4.29. The van der Waals surface area contributed by atoms with Crippen molar-refractivity contribution < 1.29 is 47.1 Å². The zero-order valence-corrected chi connectivity index (χ0v) is 24.5. The molecule has 41 heavy (non-hydrogen) atoms. The van der Waals surface area contributed by atoms with Gasteiger partial charge < -0.3 is 28.4 Å². The number of unbranched alkanes of at least 4 members (excludes halogenated alkanes) is 2. The van der Waals surface area contributed by atoms with Gasteiger partial charge in [-0.25, -0.2) is 14.2 Å². The van der Waals surface area contributed by atoms with E-state index in [2.05, 4.69) is 0 Å². The molecule has 2 aliphatic rings. The summed E-state index contributed by atoms with van der Waals surface area (Å²) in [4.78, 5) is 25.9. The van der Waals surface area contributed by atoms with E-state index in [9.17, 15) is 14.2 Å². The molecular weight excluding hydrogens is 551 g/mol. The number of hydrogen-bond donors (Lipinski definition) is 0. The Labute approximate surface area is 241 Å². The molecule has 4 rings (SSSR count). The van der Waals surface area contributed by atoms with E-state index in [0.29, 0.717) is 19.6 Å². The lowest BCUT2D eigenvalue weighted by molar-refractivity contribution is -0.289. The highest BCUT2D eigenvalue weighted by Crippen LogP contribution is 2.44. The normalized spacial score (nSPS) is 23.5. The molecule has 10 nitrogen and oxygen atoms in total. The quantitative estimate of drug-likeness (QED) is 0.152. The van der Waals surface area contributed by atoms with Crippen molar-refractivity contribution in [2.45, 2.75) is 76.2 Å².